The van der Waals surface area contributed by atoms with Crippen LogP contribution in [0.5, 0.6) is 0 Å². The normalized spacial score (nSPS) is 10.8. The van der Waals surface area contributed by atoms with Crippen LogP contribution in [0.4, 0.5) is 10.5 Å². The fraction of sp³-hybridized carbons (Fsp3) is 0.174. The van der Waals surface area contributed by atoms with Crippen molar-refractivity contribution < 1.29 is 4.79 Å². The molecule has 0 fully saturated rings. The van der Waals surface area contributed by atoms with Crippen molar-refractivity contribution in [2.24, 2.45) is 0 Å². The molecule has 2 amide bonds. The lowest BCUT2D eigenvalue weighted by molar-refractivity contribution is 0.251. The molecule has 4 rings (SSSR count). The van der Waals surface area contributed by atoms with Gasteiger partial charge in [-0.15, -0.1) is 0 Å². The maximum atomic E-state index is 12.3. The molecule has 0 saturated heterocycles. The predicted octanol–water partition coefficient (Wildman–Crippen LogP) is 4.54. The maximum absolute atomic E-state index is 12.3. The molecule has 0 aliphatic carbocycles. The molecule has 2 aromatic heterocycles. The summed E-state index contributed by atoms with van der Waals surface area (Å²) in [5, 5.41) is 5.80. The highest BCUT2D eigenvalue weighted by atomic mass is 16.2. The maximum Gasteiger partial charge on any atom is 0.319 e. The first-order chi connectivity index (χ1) is 14.1. The van der Waals surface area contributed by atoms with Gasteiger partial charge in [-0.1, -0.05) is 36.4 Å². The molecule has 2 N–H and O–H groups in total. The highest BCUT2D eigenvalue weighted by Gasteiger charge is 2.13. The standard InChI is InChI=1S/C23H23N5O/c1-16-10-11-19(15-17(16)2)26-23(29)25-13-14-28-21(18-7-4-3-5-8-18)27-20-9-6-12-24-22(20)28/h3-12,15H,13-14H2,1-2H3,(H2,25,26,29). The zero-order valence-electron chi connectivity index (χ0n) is 16.5. The van der Waals surface area contributed by atoms with Crippen LogP contribution < -0.4 is 10.6 Å². The minimum absolute atomic E-state index is 0.230. The van der Waals surface area contributed by atoms with Crippen LogP contribution in [0.2, 0.25) is 0 Å². The predicted molar refractivity (Wildman–Crippen MR) is 116 cm³/mol. The lowest BCUT2D eigenvalue weighted by atomic mass is 10.1. The minimum atomic E-state index is -0.230. The smallest absolute Gasteiger partial charge is 0.319 e. The van der Waals surface area contributed by atoms with Crippen molar-refractivity contribution in [2.75, 3.05) is 11.9 Å². The average molecular weight is 385 g/mol. The van der Waals surface area contributed by atoms with E-state index in [0.29, 0.717) is 13.1 Å². The van der Waals surface area contributed by atoms with Gasteiger partial charge in [0.25, 0.3) is 0 Å². The number of pyridine rings is 1. The summed E-state index contributed by atoms with van der Waals surface area (Å²) in [6, 6.07) is 19.5. The molecule has 4 aromatic rings. The highest BCUT2D eigenvalue weighted by Crippen LogP contribution is 2.23. The Morgan fingerprint density at radius 2 is 1.83 bits per heavy atom. The Labute approximate surface area is 169 Å². The molecule has 2 heterocycles. The number of anilines is 1. The van der Waals surface area contributed by atoms with Gasteiger partial charge in [0.05, 0.1) is 0 Å². The van der Waals surface area contributed by atoms with Gasteiger partial charge in [0, 0.05) is 30.5 Å². The minimum Gasteiger partial charge on any atom is -0.336 e. The number of rotatable bonds is 5. The van der Waals surface area contributed by atoms with Crippen LogP contribution >= 0.6 is 0 Å². The molecular formula is C23H23N5O. The van der Waals surface area contributed by atoms with E-state index < -0.39 is 0 Å². The van der Waals surface area contributed by atoms with Gasteiger partial charge < -0.3 is 15.2 Å². The van der Waals surface area contributed by atoms with Crippen molar-refractivity contribution >= 4 is 22.9 Å². The van der Waals surface area contributed by atoms with E-state index in [1.54, 1.807) is 6.20 Å². The van der Waals surface area contributed by atoms with E-state index in [-0.39, 0.29) is 6.03 Å². The van der Waals surface area contributed by atoms with Gasteiger partial charge in [-0.3, -0.25) is 0 Å². The van der Waals surface area contributed by atoms with Gasteiger partial charge in [-0.25, -0.2) is 14.8 Å². The van der Waals surface area contributed by atoms with E-state index in [1.165, 1.54) is 5.56 Å². The third-order valence-corrected chi connectivity index (χ3v) is 4.92. The van der Waals surface area contributed by atoms with E-state index in [9.17, 15) is 4.79 Å². The lowest BCUT2D eigenvalue weighted by Crippen LogP contribution is -2.31. The van der Waals surface area contributed by atoms with E-state index in [1.807, 2.05) is 79.1 Å². The number of imidazole rings is 1. The first-order valence-electron chi connectivity index (χ1n) is 9.60. The summed E-state index contributed by atoms with van der Waals surface area (Å²) in [5.74, 6) is 0.843. The van der Waals surface area contributed by atoms with Crippen molar-refractivity contribution in [3.63, 3.8) is 0 Å². The molecular weight excluding hydrogens is 362 g/mol. The van der Waals surface area contributed by atoms with Crippen LogP contribution in [0.3, 0.4) is 0 Å². The molecule has 29 heavy (non-hydrogen) atoms. The van der Waals surface area contributed by atoms with Crippen molar-refractivity contribution in [3.8, 4) is 11.4 Å². The number of hydrogen-bond acceptors (Lipinski definition) is 3. The number of aromatic nitrogens is 3. The van der Waals surface area contributed by atoms with Crippen molar-refractivity contribution in [2.45, 2.75) is 20.4 Å². The Kier molecular flexibility index (Phi) is 5.24. The van der Waals surface area contributed by atoms with Crippen LogP contribution in [0.25, 0.3) is 22.6 Å². The molecule has 0 atom stereocenters. The summed E-state index contributed by atoms with van der Waals surface area (Å²) in [5.41, 5.74) is 5.79. The van der Waals surface area contributed by atoms with Crippen molar-refractivity contribution in [1.82, 2.24) is 19.9 Å². The van der Waals surface area contributed by atoms with E-state index in [4.69, 9.17) is 4.98 Å². The lowest BCUT2D eigenvalue weighted by Gasteiger charge is -2.11. The molecule has 0 radical (unpaired) electrons. The number of amides is 2. The topological polar surface area (TPSA) is 71.8 Å². The molecule has 146 valence electrons. The fourth-order valence-corrected chi connectivity index (χ4v) is 3.25. The zero-order chi connectivity index (χ0) is 20.2. The van der Waals surface area contributed by atoms with Gasteiger partial charge in [0.1, 0.15) is 11.3 Å². The number of fused-ring (bicyclic) bond motifs is 1. The number of nitrogens with zero attached hydrogens (tertiary/aromatic N) is 3. The van der Waals surface area contributed by atoms with Crippen LogP contribution in [0, 0.1) is 13.8 Å². The summed E-state index contributed by atoms with van der Waals surface area (Å²) >= 11 is 0. The van der Waals surface area contributed by atoms with Crippen molar-refractivity contribution in [3.05, 3.63) is 78.0 Å². The Balaban J connectivity index is 1.48. The quantitative estimate of drug-likeness (QED) is 0.530. The number of nitrogens with one attached hydrogen (secondary N) is 2. The van der Waals surface area contributed by atoms with E-state index in [2.05, 4.69) is 15.6 Å². The molecule has 6 nitrogen and oxygen atoms in total. The molecule has 6 heteroatoms. The molecule has 0 spiro atoms. The Hall–Kier alpha value is -3.67. The second kappa shape index (κ2) is 8.14. The third-order valence-electron chi connectivity index (χ3n) is 4.92. The molecule has 0 saturated carbocycles. The summed E-state index contributed by atoms with van der Waals surface area (Å²) in [6.45, 7) is 5.10. The van der Waals surface area contributed by atoms with Gasteiger partial charge in [-0.05, 0) is 49.2 Å². The van der Waals surface area contributed by atoms with Crippen LogP contribution in [-0.2, 0) is 6.54 Å². The fourth-order valence-electron chi connectivity index (χ4n) is 3.25. The highest BCUT2D eigenvalue weighted by molar-refractivity contribution is 5.89. The van der Waals surface area contributed by atoms with Gasteiger partial charge in [0.2, 0.25) is 0 Å². The average Bonchev–Trinajstić information content (AvgIpc) is 3.10. The number of carbonyl (C=O) groups excluding carboxylic acids is 1. The molecule has 0 unspecified atom stereocenters. The first-order valence-corrected chi connectivity index (χ1v) is 9.60. The van der Waals surface area contributed by atoms with Crippen LogP contribution in [0.15, 0.2) is 66.9 Å². The number of hydrogen-bond donors (Lipinski definition) is 2. The number of urea groups is 1. The summed E-state index contributed by atoms with van der Waals surface area (Å²) in [6.07, 6.45) is 1.76. The zero-order valence-corrected chi connectivity index (χ0v) is 16.5. The second-order valence-corrected chi connectivity index (χ2v) is 6.98. The monoisotopic (exact) mass is 385 g/mol. The molecule has 0 aliphatic rings. The van der Waals surface area contributed by atoms with Crippen LogP contribution in [-0.4, -0.2) is 27.1 Å². The van der Waals surface area contributed by atoms with E-state index >= 15 is 0 Å². The second-order valence-electron chi connectivity index (χ2n) is 6.98. The molecule has 0 bridgehead atoms. The summed E-state index contributed by atoms with van der Waals surface area (Å²) in [7, 11) is 0. The molecule has 2 aromatic carbocycles. The largest absolute Gasteiger partial charge is 0.336 e. The molecule has 0 aliphatic heterocycles. The van der Waals surface area contributed by atoms with Crippen LogP contribution in [0.1, 0.15) is 11.1 Å². The summed E-state index contributed by atoms with van der Waals surface area (Å²) in [4.78, 5) is 21.5. The van der Waals surface area contributed by atoms with E-state index in [0.717, 1.165) is 33.8 Å². The number of aryl methyl sites for hydroxylation is 2. The Morgan fingerprint density at radius 3 is 2.62 bits per heavy atom. The Morgan fingerprint density at radius 1 is 1.00 bits per heavy atom. The number of benzene rings is 2. The summed E-state index contributed by atoms with van der Waals surface area (Å²) < 4.78 is 2.04. The van der Waals surface area contributed by atoms with Gasteiger partial charge >= 0.3 is 6.03 Å². The number of carbonyl (C=O) groups is 1. The Bertz CT molecular complexity index is 1150. The van der Waals surface area contributed by atoms with Crippen molar-refractivity contribution in [1.29, 1.82) is 0 Å². The van der Waals surface area contributed by atoms with Gasteiger partial charge in [-0.2, -0.15) is 0 Å². The third kappa shape index (κ3) is 4.11. The van der Waals surface area contributed by atoms with Gasteiger partial charge in [0.15, 0.2) is 5.65 Å². The first kappa shape index (κ1) is 18.7. The SMILES string of the molecule is Cc1ccc(NC(=O)NCCn2c(-c3ccccc3)nc3cccnc32)cc1C.